The molecule has 0 saturated carbocycles. The van der Waals surface area contributed by atoms with Crippen LogP contribution in [0.2, 0.25) is 0 Å². The van der Waals surface area contributed by atoms with Crippen molar-refractivity contribution >= 4 is 10.9 Å². The van der Waals surface area contributed by atoms with Crippen LogP contribution in [0.3, 0.4) is 0 Å². The second-order valence-electron chi connectivity index (χ2n) is 15.4. The Bertz CT molecular complexity index is 3180. The molecule has 0 amide bonds. The van der Waals surface area contributed by atoms with Crippen LogP contribution in [0.5, 0.6) is 11.5 Å². The van der Waals surface area contributed by atoms with Gasteiger partial charge in [-0.15, -0.1) is 0 Å². The summed E-state index contributed by atoms with van der Waals surface area (Å²) in [6.45, 7) is 0. The van der Waals surface area contributed by atoms with Crippen LogP contribution >= 0.6 is 0 Å². The number of fused-ring (bicyclic) bond motifs is 10. The van der Waals surface area contributed by atoms with Crippen molar-refractivity contribution in [3.8, 4) is 79.0 Å². The van der Waals surface area contributed by atoms with E-state index in [1.165, 1.54) is 27.8 Å². The third kappa shape index (κ3) is 5.26. The van der Waals surface area contributed by atoms with Gasteiger partial charge in [0.1, 0.15) is 11.5 Å². The molecule has 0 unspecified atom stereocenters. The number of ether oxygens (including phenoxy) is 1. The fraction of sp³-hybridized carbons (Fsp3) is 0.0182. The van der Waals surface area contributed by atoms with Crippen molar-refractivity contribution < 1.29 is 4.74 Å². The Morgan fingerprint density at radius 1 is 0.333 bits per heavy atom. The Hall–Kier alpha value is -8.02. The molecule has 1 spiro atoms. The van der Waals surface area contributed by atoms with Crippen LogP contribution in [-0.4, -0.2) is 19.9 Å². The highest BCUT2D eigenvalue weighted by Gasteiger charge is 2.51. The van der Waals surface area contributed by atoms with Gasteiger partial charge in [-0.3, -0.25) is 4.98 Å². The SMILES string of the molecule is c1ccc(-c2nc(-c3ccccc3)nc(-c3ccc4c(c3)Oc3cc(-c5ccc(-c6ccnc7ccccc67)cc5)ccc3C43c4ccccc4-c4ccccc43)n2)cc1. The Morgan fingerprint density at radius 3 is 1.45 bits per heavy atom. The van der Waals surface area contributed by atoms with Gasteiger partial charge in [-0.05, 0) is 68.8 Å². The molecule has 0 fully saturated rings. The number of pyridine rings is 1. The molecule has 2 aliphatic rings. The summed E-state index contributed by atoms with van der Waals surface area (Å²) in [5.74, 6) is 3.40. The number of nitrogens with zero attached hydrogens (tertiary/aromatic N) is 4. The molecular formula is C55H34N4O. The monoisotopic (exact) mass is 766 g/mol. The van der Waals surface area contributed by atoms with Gasteiger partial charge in [-0.25, -0.2) is 15.0 Å². The fourth-order valence-corrected chi connectivity index (χ4v) is 9.36. The Kier molecular flexibility index (Phi) is 7.69. The number of hydrogen-bond donors (Lipinski definition) is 0. The molecule has 10 aromatic rings. The Balaban J connectivity index is 1.03. The summed E-state index contributed by atoms with van der Waals surface area (Å²) >= 11 is 0. The lowest BCUT2D eigenvalue weighted by atomic mass is 9.66. The highest BCUT2D eigenvalue weighted by molar-refractivity contribution is 5.95. The first-order valence-corrected chi connectivity index (χ1v) is 20.2. The zero-order valence-electron chi connectivity index (χ0n) is 32.3. The van der Waals surface area contributed by atoms with E-state index >= 15 is 0 Å². The number of hydrogen-bond acceptors (Lipinski definition) is 5. The molecule has 12 rings (SSSR count). The number of aromatic nitrogens is 4. The van der Waals surface area contributed by atoms with E-state index in [1.54, 1.807) is 0 Å². The van der Waals surface area contributed by atoms with Crippen molar-refractivity contribution in [3.05, 3.63) is 229 Å². The lowest BCUT2D eigenvalue weighted by Crippen LogP contribution is -2.32. The Labute approximate surface area is 347 Å². The molecule has 1 aliphatic carbocycles. The van der Waals surface area contributed by atoms with E-state index in [-0.39, 0.29) is 0 Å². The molecule has 5 heteroatoms. The zero-order chi connectivity index (χ0) is 39.6. The van der Waals surface area contributed by atoms with Crippen molar-refractivity contribution in [2.45, 2.75) is 5.41 Å². The molecule has 8 aromatic carbocycles. The molecule has 0 N–H and O–H groups in total. The summed E-state index contributed by atoms with van der Waals surface area (Å²) in [7, 11) is 0. The highest BCUT2D eigenvalue weighted by atomic mass is 16.5. The predicted octanol–water partition coefficient (Wildman–Crippen LogP) is 13.2. The van der Waals surface area contributed by atoms with Crippen molar-refractivity contribution in [2.24, 2.45) is 0 Å². The van der Waals surface area contributed by atoms with Crippen LogP contribution in [0, 0.1) is 0 Å². The van der Waals surface area contributed by atoms with Gasteiger partial charge >= 0.3 is 0 Å². The average molecular weight is 767 g/mol. The molecule has 3 heterocycles. The molecule has 0 atom stereocenters. The minimum atomic E-state index is -0.608. The summed E-state index contributed by atoms with van der Waals surface area (Å²) in [6, 6.07) is 70.2. The second kappa shape index (κ2) is 13.5. The van der Waals surface area contributed by atoms with E-state index in [4.69, 9.17) is 19.7 Å². The predicted molar refractivity (Wildman–Crippen MR) is 240 cm³/mol. The molecule has 60 heavy (non-hydrogen) atoms. The normalized spacial score (nSPS) is 12.9. The minimum Gasteiger partial charge on any atom is -0.457 e. The molecular weight excluding hydrogens is 733 g/mol. The summed E-state index contributed by atoms with van der Waals surface area (Å²) in [4.78, 5) is 19.7. The van der Waals surface area contributed by atoms with Gasteiger partial charge in [0.05, 0.1) is 10.9 Å². The van der Waals surface area contributed by atoms with E-state index in [0.29, 0.717) is 17.5 Å². The van der Waals surface area contributed by atoms with Crippen molar-refractivity contribution in [1.29, 1.82) is 0 Å². The van der Waals surface area contributed by atoms with Crippen molar-refractivity contribution in [2.75, 3.05) is 0 Å². The first-order valence-electron chi connectivity index (χ1n) is 20.2. The highest BCUT2D eigenvalue weighted by Crippen LogP contribution is 2.62. The molecule has 280 valence electrons. The first-order chi connectivity index (χ1) is 29.7. The van der Waals surface area contributed by atoms with E-state index in [9.17, 15) is 0 Å². The smallest absolute Gasteiger partial charge is 0.164 e. The van der Waals surface area contributed by atoms with Crippen LogP contribution in [0.25, 0.3) is 78.4 Å². The van der Waals surface area contributed by atoms with E-state index in [0.717, 1.165) is 66.9 Å². The molecule has 0 saturated heterocycles. The third-order valence-corrected chi connectivity index (χ3v) is 12.1. The average Bonchev–Trinajstić information content (AvgIpc) is 3.62. The van der Waals surface area contributed by atoms with E-state index < -0.39 is 5.41 Å². The molecule has 5 nitrogen and oxygen atoms in total. The lowest BCUT2D eigenvalue weighted by molar-refractivity contribution is 0.437. The maximum absolute atomic E-state index is 7.11. The largest absolute Gasteiger partial charge is 0.457 e. The van der Waals surface area contributed by atoms with Gasteiger partial charge in [-0.2, -0.15) is 0 Å². The number of benzene rings is 8. The van der Waals surface area contributed by atoms with Crippen LogP contribution < -0.4 is 4.74 Å². The minimum absolute atomic E-state index is 0.581. The third-order valence-electron chi connectivity index (χ3n) is 12.1. The summed E-state index contributed by atoms with van der Waals surface area (Å²) in [6.07, 6.45) is 1.88. The first kappa shape index (κ1) is 34.1. The Morgan fingerprint density at radius 2 is 0.817 bits per heavy atom. The second-order valence-corrected chi connectivity index (χ2v) is 15.4. The molecule has 0 radical (unpaired) electrons. The van der Waals surface area contributed by atoms with Gasteiger partial charge in [0.2, 0.25) is 0 Å². The van der Waals surface area contributed by atoms with Gasteiger partial charge in [0, 0.05) is 39.4 Å². The van der Waals surface area contributed by atoms with Crippen molar-refractivity contribution in [1.82, 2.24) is 19.9 Å². The molecule has 0 bridgehead atoms. The summed E-state index contributed by atoms with van der Waals surface area (Å²) in [5, 5.41) is 1.14. The maximum Gasteiger partial charge on any atom is 0.164 e. The standard InChI is InChI=1S/C55H34N4O/c1-3-13-37(14-4-1)52-57-53(38-15-5-2-6-16-38)59-54(58-52)40-28-30-48-51(34-40)60-50-33-39(35-23-25-36(26-24-35)41-31-32-56-49-22-12-9-19-44(41)49)27-29-47(50)55(48)45-20-10-7-17-42(45)43-18-8-11-21-46(43)55/h1-34H. The van der Waals surface area contributed by atoms with E-state index in [1.807, 2.05) is 72.9 Å². The van der Waals surface area contributed by atoms with Gasteiger partial charge in [-0.1, -0.05) is 176 Å². The van der Waals surface area contributed by atoms with Gasteiger partial charge in [0.15, 0.2) is 17.5 Å². The summed E-state index contributed by atoms with van der Waals surface area (Å²) < 4.78 is 7.11. The van der Waals surface area contributed by atoms with Crippen LogP contribution in [0.1, 0.15) is 22.3 Å². The van der Waals surface area contributed by atoms with Crippen LogP contribution in [-0.2, 0) is 5.41 Å². The van der Waals surface area contributed by atoms with Gasteiger partial charge < -0.3 is 4.74 Å². The topological polar surface area (TPSA) is 60.8 Å². The van der Waals surface area contributed by atoms with Crippen LogP contribution in [0.4, 0.5) is 0 Å². The molecule has 1 aliphatic heterocycles. The zero-order valence-corrected chi connectivity index (χ0v) is 32.3. The number of rotatable bonds is 5. The molecule has 2 aromatic heterocycles. The quantitative estimate of drug-likeness (QED) is 0.175. The maximum atomic E-state index is 7.11. The van der Waals surface area contributed by atoms with E-state index in [2.05, 4.69) is 138 Å². The van der Waals surface area contributed by atoms with Gasteiger partial charge in [0.25, 0.3) is 0 Å². The van der Waals surface area contributed by atoms with Crippen molar-refractivity contribution in [3.63, 3.8) is 0 Å². The fourth-order valence-electron chi connectivity index (χ4n) is 9.36. The number of para-hydroxylation sites is 1. The summed E-state index contributed by atoms with van der Waals surface area (Å²) in [5.41, 5.74) is 14.7. The van der Waals surface area contributed by atoms with Crippen LogP contribution in [0.15, 0.2) is 206 Å². The lowest BCUT2D eigenvalue weighted by Gasteiger charge is -2.39.